The number of benzene rings is 3. The van der Waals surface area contributed by atoms with Gasteiger partial charge in [0, 0.05) is 36.2 Å². The van der Waals surface area contributed by atoms with Gasteiger partial charge in [-0.15, -0.1) is 0 Å². The fourth-order valence-corrected chi connectivity index (χ4v) is 4.33. The van der Waals surface area contributed by atoms with Crippen molar-refractivity contribution >= 4 is 21.8 Å². The van der Waals surface area contributed by atoms with Crippen molar-refractivity contribution in [2.24, 2.45) is 0 Å². The Balaban J connectivity index is 1.53. The molecule has 0 aliphatic carbocycles. The van der Waals surface area contributed by atoms with E-state index in [4.69, 9.17) is 0 Å². The summed E-state index contributed by atoms with van der Waals surface area (Å²) < 4.78 is 1.08. The maximum Gasteiger partial charge on any atom is 0.254 e. The molecule has 0 N–H and O–H groups in total. The monoisotopic (exact) mass is 448 g/mol. The average molecular weight is 449 g/mol. The quantitative estimate of drug-likeness (QED) is 0.540. The molecule has 0 aromatic heterocycles. The van der Waals surface area contributed by atoms with Crippen molar-refractivity contribution < 1.29 is 4.79 Å². The molecule has 1 heterocycles. The minimum absolute atomic E-state index is 0.141. The number of rotatable bonds is 4. The van der Waals surface area contributed by atoms with Gasteiger partial charge < -0.3 is 4.90 Å². The van der Waals surface area contributed by atoms with Gasteiger partial charge in [0.05, 0.1) is 6.04 Å². The maximum absolute atomic E-state index is 13.0. The molecule has 1 atom stereocenters. The molecule has 148 valence electrons. The van der Waals surface area contributed by atoms with Crippen molar-refractivity contribution in [2.75, 3.05) is 26.2 Å². The van der Waals surface area contributed by atoms with Gasteiger partial charge in [0.1, 0.15) is 0 Å². The summed E-state index contributed by atoms with van der Waals surface area (Å²) in [6, 6.07) is 27.3. The Hall–Kier alpha value is -2.43. The molecule has 3 aromatic carbocycles. The lowest BCUT2D eigenvalue weighted by Crippen LogP contribution is -2.50. The van der Waals surface area contributed by atoms with Crippen molar-refractivity contribution in [3.63, 3.8) is 0 Å². The first-order valence-corrected chi connectivity index (χ1v) is 10.8. The van der Waals surface area contributed by atoms with Crippen LogP contribution in [0.1, 0.15) is 33.1 Å². The predicted octanol–water partition coefficient (Wildman–Crippen LogP) is 5.30. The molecular formula is C25H25BrN2O. The second-order valence-corrected chi connectivity index (χ2v) is 8.42. The van der Waals surface area contributed by atoms with E-state index < -0.39 is 0 Å². The Kier molecular flexibility index (Phi) is 6.12. The Bertz CT molecular complexity index is 964. The van der Waals surface area contributed by atoms with Crippen LogP contribution in [0, 0.1) is 6.92 Å². The van der Waals surface area contributed by atoms with E-state index in [2.05, 4.69) is 75.4 Å². The van der Waals surface area contributed by atoms with Gasteiger partial charge in [0.15, 0.2) is 0 Å². The highest BCUT2D eigenvalue weighted by molar-refractivity contribution is 9.10. The Morgan fingerprint density at radius 2 is 1.38 bits per heavy atom. The maximum atomic E-state index is 13.0. The van der Waals surface area contributed by atoms with E-state index in [1.165, 1.54) is 11.1 Å². The molecule has 0 spiro atoms. The van der Waals surface area contributed by atoms with Crippen LogP contribution in [0.15, 0.2) is 83.3 Å². The van der Waals surface area contributed by atoms with Crippen molar-refractivity contribution in [1.82, 2.24) is 9.80 Å². The molecule has 4 heteroatoms. The van der Waals surface area contributed by atoms with Crippen molar-refractivity contribution in [1.29, 1.82) is 0 Å². The van der Waals surface area contributed by atoms with E-state index in [0.717, 1.165) is 41.8 Å². The van der Waals surface area contributed by atoms with E-state index >= 15 is 0 Å². The lowest BCUT2D eigenvalue weighted by atomic mass is 9.96. The first kappa shape index (κ1) is 19.9. The zero-order chi connectivity index (χ0) is 20.2. The van der Waals surface area contributed by atoms with E-state index in [-0.39, 0.29) is 11.9 Å². The van der Waals surface area contributed by atoms with Crippen molar-refractivity contribution in [3.05, 3.63) is 106 Å². The van der Waals surface area contributed by atoms with Crippen molar-refractivity contribution in [3.8, 4) is 0 Å². The molecule has 0 unspecified atom stereocenters. The van der Waals surface area contributed by atoms with Crippen LogP contribution >= 0.6 is 15.9 Å². The summed E-state index contributed by atoms with van der Waals surface area (Å²) in [6.45, 7) is 5.20. The number of hydrogen-bond acceptors (Lipinski definition) is 2. The first-order chi connectivity index (χ1) is 14.1. The number of carbonyl (C=O) groups excluding carboxylic acids is 1. The highest BCUT2D eigenvalue weighted by atomic mass is 79.9. The second kappa shape index (κ2) is 8.93. The molecule has 4 rings (SSSR count). The predicted molar refractivity (Wildman–Crippen MR) is 121 cm³/mol. The van der Waals surface area contributed by atoms with Crippen LogP contribution in [-0.4, -0.2) is 41.9 Å². The van der Waals surface area contributed by atoms with Crippen LogP contribution in [0.2, 0.25) is 0 Å². The smallest absolute Gasteiger partial charge is 0.254 e. The molecule has 0 saturated carbocycles. The van der Waals surface area contributed by atoms with E-state index in [1.807, 2.05) is 36.1 Å². The first-order valence-electron chi connectivity index (χ1n) is 10.0. The van der Waals surface area contributed by atoms with Gasteiger partial charge in [-0.2, -0.15) is 0 Å². The summed E-state index contributed by atoms with van der Waals surface area (Å²) in [6.07, 6.45) is 0. The summed E-state index contributed by atoms with van der Waals surface area (Å²) in [5, 5.41) is 0. The summed E-state index contributed by atoms with van der Waals surface area (Å²) in [5.41, 5.74) is 4.41. The molecule has 1 aliphatic heterocycles. The highest BCUT2D eigenvalue weighted by Crippen LogP contribution is 2.30. The van der Waals surface area contributed by atoms with Crippen molar-refractivity contribution in [2.45, 2.75) is 13.0 Å². The third-order valence-electron chi connectivity index (χ3n) is 5.64. The fraction of sp³-hybridized carbons (Fsp3) is 0.240. The van der Waals surface area contributed by atoms with Crippen LogP contribution in [0.4, 0.5) is 0 Å². The molecule has 29 heavy (non-hydrogen) atoms. The van der Waals surface area contributed by atoms with Crippen LogP contribution in [0.3, 0.4) is 0 Å². The van der Waals surface area contributed by atoms with Gasteiger partial charge in [-0.25, -0.2) is 0 Å². The second-order valence-electron chi connectivity index (χ2n) is 7.51. The molecular weight excluding hydrogens is 424 g/mol. The van der Waals surface area contributed by atoms with Crippen LogP contribution in [0.5, 0.6) is 0 Å². The van der Waals surface area contributed by atoms with Gasteiger partial charge in [0.2, 0.25) is 0 Å². The van der Waals surface area contributed by atoms with E-state index in [0.29, 0.717) is 0 Å². The minimum atomic E-state index is 0.141. The van der Waals surface area contributed by atoms with E-state index in [1.54, 1.807) is 0 Å². The zero-order valence-corrected chi connectivity index (χ0v) is 18.2. The summed E-state index contributed by atoms with van der Waals surface area (Å²) in [7, 11) is 0. The summed E-state index contributed by atoms with van der Waals surface area (Å²) >= 11 is 3.54. The molecule has 3 nitrogen and oxygen atoms in total. The van der Waals surface area contributed by atoms with Gasteiger partial charge in [0.25, 0.3) is 5.91 Å². The normalized spacial score (nSPS) is 15.9. The molecule has 1 fully saturated rings. The molecule has 0 bridgehead atoms. The average Bonchev–Trinajstić information content (AvgIpc) is 2.76. The van der Waals surface area contributed by atoms with Gasteiger partial charge in [-0.3, -0.25) is 9.69 Å². The molecule has 0 radical (unpaired) electrons. The van der Waals surface area contributed by atoms with Gasteiger partial charge >= 0.3 is 0 Å². The molecule has 3 aromatic rings. The van der Waals surface area contributed by atoms with Gasteiger partial charge in [-0.1, -0.05) is 76.6 Å². The third-order valence-corrected chi connectivity index (χ3v) is 6.17. The minimum Gasteiger partial charge on any atom is -0.336 e. The van der Waals surface area contributed by atoms with Crippen LogP contribution < -0.4 is 0 Å². The standard InChI is InChI=1S/C25H25BrN2O/c1-19-7-5-6-10-23(19)25(29)28-17-15-27(16-18-28)24(20-8-3-2-4-9-20)21-11-13-22(26)14-12-21/h2-14,24H,15-18H2,1H3/t24-/m1/s1. The number of piperazine rings is 1. The topological polar surface area (TPSA) is 23.6 Å². The molecule has 1 saturated heterocycles. The molecule has 1 aliphatic rings. The van der Waals surface area contributed by atoms with Crippen LogP contribution in [-0.2, 0) is 0 Å². The van der Waals surface area contributed by atoms with E-state index in [9.17, 15) is 4.79 Å². The van der Waals surface area contributed by atoms with Crippen LogP contribution in [0.25, 0.3) is 0 Å². The summed E-state index contributed by atoms with van der Waals surface area (Å²) in [5.74, 6) is 0.141. The molecule has 1 amide bonds. The Morgan fingerprint density at radius 3 is 2.03 bits per heavy atom. The lowest BCUT2D eigenvalue weighted by Gasteiger charge is -2.40. The van der Waals surface area contributed by atoms with Gasteiger partial charge in [-0.05, 0) is 41.8 Å². The fourth-order valence-electron chi connectivity index (χ4n) is 4.06. The largest absolute Gasteiger partial charge is 0.336 e. The Labute approximate surface area is 181 Å². The number of halogens is 1. The highest BCUT2D eigenvalue weighted by Gasteiger charge is 2.28. The number of nitrogens with zero attached hydrogens (tertiary/aromatic N) is 2. The number of hydrogen-bond donors (Lipinski definition) is 0. The number of carbonyl (C=O) groups is 1. The SMILES string of the molecule is Cc1ccccc1C(=O)N1CCN([C@H](c2ccccc2)c2ccc(Br)cc2)CC1. The Morgan fingerprint density at radius 1 is 0.793 bits per heavy atom. The summed E-state index contributed by atoms with van der Waals surface area (Å²) in [4.78, 5) is 17.5. The third kappa shape index (κ3) is 4.44. The lowest BCUT2D eigenvalue weighted by molar-refractivity contribution is 0.0596. The number of amides is 1. The zero-order valence-electron chi connectivity index (χ0n) is 16.6. The number of aryl methyl sites for hydroxylation is 1.